The zero-order chi connectivity index (χ0) is 13.1. The van der Waals surface area contributed by atoms with E-state index in [0.29, 0.717) is 5.25 Å². The number of rotatable bonds is 4. The minimum absolute atomic E-state index is 0.138. The lowest BCUT2D eigenvalue weighted by Crippen LogP contribution is -2.20. The molecule has 2 unspecified atom stereocenters. The van der Waals surface area contributed by atoms with E-state index in [-0.39, 0.29) is 5.92 Å². The number of hydrogen-bond acceptors (Lipinski definition) is 2. The van der Waals surface area contributed by atoms with Crippen molar-refractivity contribution in [1.29, 1.82) is 0 Å². The van der Waals surface area contributed by atoms with Crippen LogP contribution in [-0.4, -0.2) is 16.3 Å². The highest BCUT2D eigenvalue weighted by molar-refractivity contribution is 7.99. The lowest BCUT2D eigenvalue weighted by atomic mass is 10.1. The van der Waals surface area contributed by atoms with Gasteiger partial charge >= 0.3 is 5.97 Å². The molecule has 0 spiro atoms. The van der Waals surface area contributed by atoms with Crippen LogP contribution in [0.25, 0.3) is 0 Å². The maximum atomic E-state index is 11.1. The predicted octanol–water partition coefficient (Wildman–Crippen LogP) is 3.79. The first-order chi connectivity index (χ1) is 8.56. The topological polar surface area (TPSA) is 37.3 Å². The Kier molecular flexibility index (Phi) is 4.33. The van der Waals surface area contributed by atoms with Gasteiger partial charge in [-0.25, -0.2) is 0 Å². The van der Waals surface area contributed by atoms with Gasteiger partial charge in [0.1, 0.15) is 0 Å². The number of thioether (sulfide) groups is 1. The van der Waals surface area contributed by atoms with Gasteiger partial charge < -0.3 is 5.11 Å². The lowest BCUT2D eigenvalue weighted by molar-refractivity contribution is -0.141. The number of carbonyl (C=O) groups is 1. The summed E-state index contributed by atoms with van der Waals surface area (Å²) in [6.07, 6.45) is 2.95. The van der Waals surface area contributed by atoms with Crippen LogP contribution in [0.3, 0.4) is 0 Å². The normalized spacial score (nSPS) is 23.2. The molecule has 1 saturated carbocycles. The molecular formula is C15H20O2S. The fourth-order valence-electron chi connectivity index (χ4n) is 2.76. The summed E-state index contributed by atoms with van der Waals surface area (Å²) >= 11 is 1.81. The van der Waals surface area contributed by atoms with Gasteiger partial charge in [-0.05, 0) is 32.3 Å². The van der Waals surface area contributed by atoms with Gasteiger partial charge in [0.2, 0.25) is 0 Å². The Morgan fingerprint density at radius 1 is 1.28 bits per heavy atom. The van der Waals surface area contributed by atoms with Gasteiger partial charge in [0.15, 0.2) is 0 Å². The number of benzene rings is 1. The summed E-state index contributed by atoms with van der Waals surface area (Å²) in [6, 6.07) is 6.57. The molecule has 0 bridgehead atoms. The number of aryl methyl sites for hydroxylation is 2. The van der Waals surface area contributed by atoms with Crippen LogP contribution >= 0.6 is 11.8 Å². The molecule has 98 valence electrons. The van der Waals surface area contributed by atoms with E-state index in [1.54, 1.807) is 0 Å². The lowest BCUT2D eigenvalue weighted by Gasteiger charge is -2.15. The molecule has 0 aliphatic heterocycles. The van der Waals surface area contributed by atoms with Gasteiger partial charge in [0.25, 0.3) is 0 Å². The van der Waals surface area contributed by atoms with Gasteiger partial charge in [-0.15, -0.1) is 0 Å². The zero-order valence-corrected chi connectivity index (χ0v) is 11.8. The molecule has 3 heteroatoms. The molecule has 0 saturated heterocycles. The van der Waals surface area contributed by atoms with Crippen molar-refractivity contribution >= 4 is 17.7 Å². The summed E-state index contributed by atoms with van der Waals surface area (Å²) in [5.74, 6) is 0.170. The van der Waals surface area contributed by atoms with Gasteiger partial charge in [0, 0.05) is 11.0 Å². The fraction of sp³-hybridized carbons (Fsp3) is 0.533. The largest absolute Gasteiger partial charge is 0.481 e. The van der Waals surface area contributed by atoms with E-state index in [0.717, 1.165) is 25.0 Å². The molecule has 1 aliphatic carbocycles. The van der Waals surface area contributed by atoms with E-state index in [1.807, 2.05) is 11.8 Å². The van der Waals surface area contributed by atoms with E-state index in [1.165, 1.54) is 16.7 Å². The van der Waals surface area contributed by atoms with Gasteiger partial charge in [0.05, 0.1) is 5.92 Å². The summed E-state index contributed by atoms with van der Waals surface area (Å²) in [6.45, 7) is 4.22. The summed E-state index contributed by atoms with van der Waals surface area (Å²) in [5.41, 5.74) is 3.88. The SMILES string of the molecule is Cc1cc(C)cc(CSC2CCCC2C(=O)O)c1. The van der Waals surface area contributed by atoms with Crippen LogP contribution in [-0.2, 0) is 10.5 Å². The smallest absolute Gasteiger partial charge is 0.307 e. The summed E-state index contributed by atoms with van der Waals surface area (Å²) in [7, 11) is 0. The van der Waals surface area contributed by atoms with Crippen molar-refractivity contribution in [3.8, 4) is 0 Å². The molecule has 0 amide bonds. The Bertz CT molecular complexity index is 422. The van der Waals surface area contributed by atoms with Crippen LogP contribution in [0, 0.1) is 19.8 Å². The second-order valence-corrected chi connectivity index (χ2v) is 6.45. The Hall–Kier alpha value is -0.960. The number of carboxylic acids is 1. The number of aliphatic carboxylic acids is 1. The Morgan fingerprint density at radius 3 is 2.56 bits per heavy atom. The van der Waals surface area contributed by atoms with Crippen molar-refractivity contribution in [2.75, 3.05) is 0 Å². The highest BCUT2D eigenvalue weighted by Crippen LogP contribution is 2.36. The molecule has 0 heterocycles. The van der Waals surface area contributed by atoms with E-state index < -0.39 is 5.97 Å². The zero-order valence-electron chi connectivity index (χ0n) is 11.0. The van der Waals surface area contributed by atoms with Crippen LogP contribution in [0.15, 0.2) is 18.2 Å². The molecule has 0 radical (unpaired) electrons. The van der Waals surface area contributed by atoms with Gasteiger partial charge in [-0.3, -0.25) is 4.79 Å². The van der Waals surface area contributed by atoms with Crippen LogP contribution < -0.4 is 0 Å². The number of hydrogen-bond donors (Lipinski definition) is 1. The molecule has 0 aromatic heterocycles. The first-order valence-electron chi connectivity index (χ1n) is 6.48. The molecule has 1 N–H and O–H groups in total. The standard InChI is InChI=1S/C15H20O2S/c1-10-6-11(2)8-12(7-10)9-18-14-5-3-4-13(14)15(16)17/h6-8,13-14H,3-5,9H2,1-2H3,(H,16,17). The maximum Gasteiger partial charge on any atom is 0.307 e. The predicted molar refractivity (Wildman–Crippen MR) is 76.0 cm³/mol. The molecule has 1 aromatic rings. The molecule has 2 atom stereocenters. The monoisotopic (exact) mass is 264 g/mol. The molecular weight excluding hydrogens is 244 g/mol. The summed E-state index contributed by atoms with van der Waals surface area (Å²) in [4.78, 5) is 11.1. The Morgan fingerprint density at radius 2 is 1.94 bits per heavy atom. The van der Waals surface area contributed by atoms with Gasteiger partial charge in [-0.1, -0.05) is 35.7 Å². The quantitative estimate of drug-likeness (QED) is 0.899. The van der Waals surface area contributed by atoms with Crippen LogP contribution in [0.1, 0.15) is 36.0 Å². The highest BCUT2D eigenvalue weighted by atomic mass is 32.2. The van der Waals surface area contributed by atoms with Crippen molar-refractivity contribution in [3.63, 3.8) is 0 Å². The average molecular weight is 264 g/mol. The molecule has 2 nitrogen and oxygen atoms in total. The van der Waals surface area contributed by atoms with Crippen molar-refractivity contribution in [1.82, 2.24) is 0 Å². The van der Waals surface area contributed by atoms with E-state index in [2.05, 4.69) is 32.0 Å². The third-order valence-electron chi connectivity index (χ3n) is 3.52. The molecule has 18 heavy (non-hydrogen) atoms. The maximum absolute atomic E-state index is 11.1. The third kappa shape index (κ3) is 3.29. The molecule has 1 aromatic carbocycles. The fourth-order valence-corrected chi connectivity index (χ4v) is 4.15. The highest BCUT2D eigenvalue weighted by Gasteiger charge is 2.32. The average Bonchev–Trinajstić information content (AvgIpc) is 2.73. The van der Waals surface area contributed by atoms with E-state index in [4.69, 9.17) is 5.11 Å². The molecule has 1 aliphatic rings. The second kappa shape index (κ2) is 5.79. The molecule has 2 rings (SSSR count). The van der Waals surface area contributed by atoms with Crippen molar-refractivity contribution in [3.05, 3.63) is 34.9 Å². The van der Waals surface area contributed by atoms with E-state index in [9.17, 15) is 4.79 Å². The third-order valence-corrected chi connectivity index (χ3v) is 5.01. The van der Waals surface area contributed by atoms with E-state index >= 15 is 0 Å². The Labute approximate surface area is 113 Å². The van der Waals surface area contributed by atoms with Crippen molar-refractivity contribution < 1.29 is 9.90 Å². The minimum Gasteiger partial charge on any atom is -0.481 e. The first kappa shape index (κ1) is 13.5. The minimum atomic E-state index is -0.620. The van der Waals surface area contributed by atoms with Crippen molar-refractivity contribution in [2.24, 2.45) is 5.92 Å². The summed E-state index contributed by atoms with van der Waals surface area (Å²) in [5, 5.41) is 9.45. The van der Waals surface area contributed by atoms with Crippen LogP contribution in [0.4, 0.5) is 0 Å². The first-order valence-corrected chi connectivity index (χ1v) is 7.52. The van der Waals surface area contributed by atoms with Gasteiger partial charge in [-0.2, -0.15) is 11.8 Å². The van der Waals surface area contributed by atoms with Crippen LogP contribution in [0.2, 0.25) is 0 Å². The summed E-state index contributed by atoms with van der Waals surface area (Å²) < 4.78 is 0. The second-order valence-electron chi connectivity index (χ2n) is 5.22. The number of carboxylic acid groups (broad SMARTS) is 1. The van der Waals surface area contributed by atoms with Crippen LogP contribution in [0.5, 0.6) is 0 Å². The molecule has 1 fully saturated rings. The Balaban J connectivity index is 1.96. The van der Waals surface area contributed by atoms with Crippen molar-refractivity contribution in [2.45, 2.75) is 44.1 Å².